The minimum atomic E-state index is 0.000622. The van der Waals surface area contributed by atoms with Crippen molar-refractivity contribution in [2.24, 2.45) is 17.3 Å². The predicted molar refractivity (Wildman–Crippen MR) is 104 cm³/mol. The number of phenols is 1. The van der Waals surface area contributed by atoms with Gasteiger partial charge in [-0.3, -0.25) is 4.79 Å². The van der Waals surface area contributed by atoms with Crippen molar-refractivity contribution in [1.82, 2.24) is 4.90 Å². The number of carbonyl (C=O) groups is 1. The van der Waals surface area contributed by atoms with E-state index >= 15 is 0 Å². The molecule has 0 aromatic heterocycles. The molecule has 2 aliphatic carbocycles. The van der Waals surface area contributed by atoms with Crippen molar-refractivity contribution in [2.45, 2.75) is 77.7 Å². The Labute approximate surface area is 157 Å². The average molecular weight is 356 g/mol. The van der Waals surface area contributed by atoms with Gasteiger partial charge in [0.15, 0.2) is 0 Å². The van der Waals surface area contributed by atoms with Gasteiger partial charge >= 0.3 is 0 Å². The fourth-order valence-corrected chi connectivity index (χ4v) is 6.08. The molecule has 3 aliphatic rings. The largest absolute Gasteiger partial charge is 0.508 e. The normalized spacial score (nSPS) is 35.7. The second-order valence-electron chi connectivity index (χ2n) is 9.83. The van der Waals surface area contributed by atoms with Crippen molar-refractivity contribution >= 4 is 5.91 Å². The molecule has 1 amide bonds. The summed E-state index contributed by atoms with van der Waals surface area (Å²) in [5.41, 5.74) is 2.36. The van der Waals surface area contributed by atoms with E-state index in [2.05, 4.69) is 38.7 Å². The van der Waals surface area contributed by atoms with E-state index in [0.29, 0.717) is 17.6 Å². The Balaban J connectivity index is 1.70. The number of hydrogen-bond acceptors (Lipinski definition) is 2. The summed E-state index contributed by atoms with van der Waals surface area (Å²) in [6.45, 7) is 10.1. The average Bonchev–Trinajstić information content (AvgIpc) is 2.58. The summed E-state index contributed by atoms with van der Waals surface area (Å²) in [6, 6.07) is 6.13. The molecule has 1 aromatic rings. The van der Waals surface area contributed by atoms with Gasteiger partial charge in [0, 0.05) is 23.9 Å². The second-order valence-corrected chi connectivity index (χ2v) is 9.83. The van der Waals surface area contributed by atoms with Gasteiger partial charge in [0.2, 0.25) is 5.91 Å². The highest BCUT2D eigenvalue weighted by Gasteiger charge is 2.57. The van der Waals surface area contributed by atoms with E-state index in [1.54, 1.807) is 6.07 Å². The lowest BCUT2D eigenvalue weighted by Gasteiger charge is -2.61. The maximum Gasteiger partial charge on any atom is 0.225 e. The number of carbonyl (C=O) groups excluding carboxylic acids is 1. The van der Waals surface area contributed by atoms with Crippen LogP contribution in [0.2, 0.25) is 0 Å². The monoisotopic (exact) mass is 355 g/mol. The number of amides is 1. The summed E-state index contributed by atoms with van der Waals surface area (Å²) in [5.74, 6) is 1.63. The van der Waals surface area contributed by atoms with E-state index in [4.69, 9.17) is 0 Å². The fraction of sp³-hybridized carbons (Fsp3) is 0.696. The van der Waals surface area contributed by atoms with Crippen LogP contribution < -0.4 is 0 Å². The van der Waals surface area contributed by atoms with Gasteiger partial charge in [-0.05, 0) is 54.2 Å². The molecule has 0 radical (unpaired) electrons. The van der Waals surface area contributed by atoms with Crippen LogP contribution in [0.1, 0.15) is 70.9 Å². The first-order valence-corrected chi connectivity index (χ1v) is 10.4. The Hall–Kier alpha value is -1.51. The predicted octanol–water partition coefficient (Wildman–Crippen LogP) is 4.66. The molecule has 4 atom stereocenters. The number of benzene rings is 1. The van der Waals surface area contributed by atoms with Crippen LogP contribution in [-0.4, -0.2) is 28.5 Å². The van der Waals surface area contributed by atoms with Crippen molar-refractivity contribution in [1.29, 1.82) is 0 Å². The minimum absolute atomic E-state index is 0.000622. The molecular formula is C23H33NO2. The minimum Gasteiger partial charge on any atom is -0.508 e. The van der Waals surface area contributed by atoms with Gasteiger partial charge in [0.1, 0.15) is 5.75 Å². The molecule has 2 bridgehead atoms. The quantitative estimate of drug-likeness (QED) is 0.796. The number of hydrogen-bond donors (Lipinski definition) is 1. The molecule has 3 heteroatoms. The zero-order valence-electron chi connectivity index (χ0n) is 16.7. The van der Waals surface area contributed by atoms with Gasteiger partial charge in [0.05, 0.1) is 0 Å². The molecule has 26 heavy (non-hydrogen) atoms. The first kappa shape index (κ1) is 17.9. The lowest BCUT2D eigenvalue weighted by Crippen LogP contribution is -2.65. The summed E-state index contributed by atoms with van der Waals surface area (Å²) in [7, 11) is 0. The molecule has 1 aromatic carbocycles. The van der Waals surface area contributed by atoms with Crippen molar-refractivity contribution in [2.75, 3.05) is 6.54 Å². The lowest BCUT2D eigenvalue weighted by molar-refractivity contribution is -0.149. The van der Waals surface area contributed by atoms with Crippen LogP contribution in [-0.2, 0) is 16.6 Å². The van der Waals surface area contributed by atoms with E-state index in [1.807, 2.05) is 6.07 Å². The number of likely N-dealkylation sites (tertiary alicyclic amines) is 1. The Morgan fingerprint density at radius 3 is 2.73 bits per heavy atom. The molecule has 0 spiro atoms. The number of piperidine rings is 1. The first-order valence-electron chi connectivity index (χ1n) is 10.4. The Morgan fingerprint density at radius 2 is 2.00 bits per heavy atom. The molecule has 1 heterocycles. The third-order valence-electron chi connectivity index (χ3n) is 8.20. The standard InChI is InChI=1S/C23H33NO2/c1-15-7-5-8-16(13-15)21(26)24-12-11-23(4)18-9-6-10-19(25)17(18)14-20(24)22(23,2)3/h6,9-10,15-16,20,25H,5,7-8,11-14H2,1-4H3/t15?,16?,20-,23+/m1/s1. The number of nitrogens with zero attached hydrogens (tertiary/aromatic N) is 1. The number of fused-ring (bicyclic) bond motifs is 4. The Kier molecular flexibility index (Phi) is 4.13. The fourth-order valence-electron chi connectivity index (χ4n) is 6.08. The Morgan fingerprint density at radius 1 is 1.23 bits per heavy atom. The van der Waals surface area contributed by atoms with Crippen LogP contribution in [0.4, 0.5) is 0 Å². The molecule has 2 fully saturated rings. The SMILES string of the molecule is CC1CCCC(C(=O)N2CC[C@@]3(C)c4cccc(O)c4C[C@@H]2C3(C)C)C1. The molecular weight excluding hydrogens is 322 g/mol. The van der Waals surface area contributed by atoms with Crippen molar-refractivity contribution < 1.29 is 9.90 Å². The van der Waals surface area contributed by atoms with E-state index in [9.17, 15) is 9.90 Å². The molecule has 1 aliphatic heterocycles. The van der Waals surface area contributed by atoms with Gasteiger partial charge < -0.3 is 10.0 Å². The van der Waals surface area contributed by atoms with E-state index in [-0.39, 0.29) is 22.8 Å². The zero-order chi connectivity index (χ0) is 18.7. The lowest BCUT2D eigenvalue weighted by atomic mass is 9.51. The summed E-state index contributed by atoms with van der Waals surface area (Å²) >= 11 is 0. The van der Waals surface area contributed by atoms with Gasteiger partial charge in [-0.1, -0.05) is 52.7 Å². The van der Waals surface area contributed by atoms with E-state index < -0.39 is 0 Å². The van der Waals surface area contributed by atoms with E-state index in [0.717, 1.165) is 37.8 Å². The van der Waals surface area contributed by atoms with Crippen LogP contribution in [0.25, 0.3) is 0 Å². The van der Waals surface area contributed by atoms with Gasteiger partial charge in [-0.15, -0.1) is 0 Å². The van der Waals surface area contributed by atoms with Gasteiger partial charge in [-0.2, -0.15) is 0 Å². The molecule has 3 nitrogen and oxygen atoms in total. The third-order valence-corrected chi connectivity index (χ3v) is 8.20. The maximum absolute atomic E-state index is 13.5. The van der Waals surface area contributed by atoms with Crippen LogP contribution in [0.3, 0.4) is 0 Å². The summed E-state index contributed by atoms with van der Waals surface area (Å²) in [5, 5.41) is 10.5. The van der Waals surface area contributed by atoms with Crippen molar-refractivity contribution in [3.05, 3.63) is 29.3 Å². The Bertz CT molecular complexity index is 725. The number of rotatable bonds is 1. The van der Waals surface area contributed by atoms with Crippen LogP contribution in [0, 0.1) is 17.3 Å². The van der Waals surface area contributed by atoms with Crippen molar-refractivity contribution in [3.8, 4) is 5.75 Å². The second kappa shape index (κ2) is 6.00. The van der Waals surface area contributed by atoms with Crippen molar-refractivity contribution in [3.63, 3.8) is 0 Å². The summed E-state index contributed by atoms with van der Waals surface area (Å²) in [4.78, 5) is 15.6. The van der Waals surface area contributed by atoms with Gasteiger partial charge in [-0.25, -0.2) is 0 Å². The molecule has 4 rings (SSSR count). The smallest absolute Gasteiger partial charge is 0.225 e. The topological polar surface area (TPSA) is 40.5 Å². The summed E-state index contributed by atoms with van der Waals surface area (Å²) in [6.07, 6.45) is 6.28. The maximum atomic E-state index is 13.5. The highest BCUT2D eigenvalue weighted by Crippen LogP contribution is 2.57. The summed E-state index contributed by atoms with van der Waals surface area (Å²) < 4.78 is 0. The molecule has 1 saturated carbocycles. The zero-order valence-corrected chi connectivity index (χ0v) is 16.7. The third kappa shape index (κ3) is 2.42. The number of aromatic hydroxyl groups is 1. The van der Waals surface area contributed by atoms with Gasteiger partial charge in [0.25, 0.3) is 0 Å². The van der Waals surface area contributed by atoms with Crippen LogP contribution in [0.15, 0.2) is 18.2 Å². The molecule has 1 N–H and O–H groups in total. The van der Waals surface area contributed by atoms with E-state index in [1.165, 1.54) is 18.4 Å². The van der Waals surface area contributed by atoms with Crippen LogP contribution in [0.5, 0.6) is 5.75 Å². The molecule has 2 unspecified atom stereocenters. The first-order chi connectivity index (χ1) is 12.3. The molecule has 142 valence electrons. The highest BCUT2D eigenvalue weighted by molar-refractivity contribution is 5.80. The van der Waals surface area contributed by atoms with Crippen LogP contribution >= 0.6 is 0 Å². The number of phenolic OH excluding ortho intramolecular Hbond substituents is 1. The highest BCUT2D eigenvalue weighted by atomic mass is 16.3. The molecule has 1 saturated heterocycles.